The monoisotopic (exact) mass is 312 g/mol. The lowest BCUT2D eigenvalue weighted by molar-refractivity contribution is 0.0696. The molecular weight excluding hydrogens is 288 g/mol. The van der Waals surface area contributed by atoms with E-state index in [1.165, 1.54) is 50.7 Å². The molecule has 0 heterocycles. The van der Waals surface area contributed by atoms with Gasteiger partial charge in [0.1, 0.15) is 5.75 Å². The molecule has 4 heteroatoms. The number of benzene rings is 1. The van der Waals surface area contributed by atoms with Gasteiger partial charge in [-0.1, -0.05) is 63.5 Å². The molecule has 3 nitrogen and oxygen atoms in total. The molecule has 0 atom stereocenters. The van der Waals surface area contributed by atoms with E-state index in [0.717, 1.165) is 12.8 Å². The fourth-order valence-electron chi connectivity index (χ4n) is 2.17. The van der Waals surface area contributed by atoms with Crippen molar-refractivity contribution in [2.45, 2.75) is 58.3 Å². The quantitative estimate of drug-likeness (QED) is 0.544. The fraction of sp³-hybridized carbons (Fsp3) is 0.588. The Hall–Kier alpha value is -1.22. The summed E-state index contributed by atoms with van der Waals surface area (Å²) in [5.41, 5.74) is 0.199. The van der Waals surface area contributed by atoms with Crippen LogP contribution < -0.4 is 4.74 Å². The normalized spacial score (nSPS) is 10.6. The van der Waals surface area contributed by atoms with Crippen molar-refractivity contribution in [3.8, 4) is 5.75 Å². The third-order valence-corrected chi connectivity index (χ3v) is 3.75. The highest BCUT2D eigenvalue weighted by Crippen LogP contribution is 2.25. The summed E-state index contributed by atoms with van der Waals surface area (Å²) < 4.78 is 5.58. The maximum atomic E-state index is 10.9. The molecule has 0 spiro atoms. The first kappa shape index (κ1) is 17.8. The largest absolute Gasteiger partial charge is 0.492 e. The summed E-state index contributed by atoms with van der Waals surface area (Å²) in [7, 11) is 0. The van der Waals surface area contributed by atoms with Gasteiger partial charge in [-0.15, -0.1) is 0 Å². The number of hydrogen-bond acceptors (Lipinski definition) is 2. The van der Waals surface area contributed by atoms with Crippen molar-refractivity contribution >= 4 is 17.6 Å². The minimum Gasteiger partial charge on any atom is -0.492 e. The third kappa shape index (κ3) is 7.37. The van der Waals surface area contributed by atoms with Crippen molar-refractivity contribution < 1.29 is 14.6 Å². The second-order valence-electron chi connectivity index (χ2n) is 5.27. The van der Waals surface area contributed by atoms with Crippen LogP contribution in [0.5, 0.6) is 5.75 Å². The van der Waals surface area contributed by atoms with E-state index in [-0.39, 0.29) is 5.56 Å². The SMILES string of the molecule is CCCCCCCCCCOc1cc(C(=O)O)ccc1Cl. The van der Waals surface area contributed by atoms with Crippen LogP contribution in [0, 0.1) is 0 Å². The molecule has 0 aliphatic rings. The second kappa shape index (κ2) is 10.5. The Morgan fingerprint density at radius 3 is 2.33 bits per heavy atom. The van der Waals surface area contributed by atoms with Crippen LogP contribution in [-0.4, -0.2) is 17.7 Å². The molecule has 0 saturated heterocycles. The summed E-state index contributed by atoms with van der Waals surface area (Å²) in [4.78, 5) is 10.9. The first-order valence-electron chi connectivity index (χ1n) is 7.80. The van der Waals surface area contributed by atoms with E-state index >= 15 is 0 Å². The third-order valence-electron chi connectivity index (χ3n) is 3.43. The summed E-state index contributed by atoms with van der Waals surface area (Å²) in [6.45, 7) is 2.81. The van der Waals surface area contributed by atoms with Gasteiger partial charge in [0, 0.05) is 0 Å². The van der Waals surface area contributed by atoms with Gasteiger partial charge in [-0.2, -0.15) is 0 Å². The zero-order chi connectivity index (χ0) is 15.5. The molecule has 0 saturated carbocycles. The summed E-state index contributed by atoms with van der Waals surface area (Å²) in [5.74, 6) is -0.511. The van der Waals surface area contributed by atoms with E-state index in [0.29, 0.717) is 17.4 Å². The van der Waals surface area contributed by atoms with Crippen molar-refractivity contribution in [2.75, 3.05) is 6.61 Å². The van der Waals surface area contributed by atoms with Crippen molar-refractivity contribution in [1.82, 2.24) is 0 Å². The topological polar surface area (TPSA) is 46.5 Å². The Bertz CT molecular complexity index is 432. The number of carboxylic acids is 1. The molecule has 118 valence electrons. The van der Waals surface area contributed by atoms with Crippen LogP contribution in [0.4, 0.5) is 0 Å². The van der Waals surface area contributed by atoms with Gasteiger partial charge in [0.15, 0.2) is 0 Å². The van der Waals surface area contributed by atoms with Crippen molar-refractivity contribution in [1.29, 1.82) is 0 Å². The molecule has 1 rings (SSSR count). The van der Waals surface area contributed by atoms with Crippen LogP contribution in [0.2, 0.25) is 5.02 Å². The van der Waals surface area contributed by atoms with Crippen LogP contribution in [0.3, 0.4) is 0 Å². The highest BCUT2D eigenvalue weighted by Gasteiger charge is 2.08. The van der Waals surface area contributed by atoms with E-state index in [9.17, 15) is 4.79 Å². The van der Waals surface area contributed by atoms with E-state index in [2.05, 4.69) is 6.92 Å². The second-order valence-corrected chi connectivity index (χ2v) is 5.68. The Morgan fingerprint density at radius 2 is 1.71 bits per heavy atom. The van der Waals surface area contributed by atoms with Crippen LogP contribution in [0.15, 0.2) is 18.2 Å². The molecule has 0 fully saturated rings. The maximum Gasteiger partial charge on any atom is 0.335 e. The smallest absolute Gasteiger partial charge is 0.335 e. The number of rotatable bonds is 11. The van der Waals surface area contributed by atoms with Crippen LogP contribution >= 0.6 is 11.6 Å². The molecule has 0 aromatic heterocycles. The number of aromatic carboxylic acids is 1. The van der Waals surface area contributed by atoms with Gasteiger partial charge >= 0.3 is 5.97 Å². The average molecular weight is 313 g/mol. The van der Waals surface area contributed by atoms with E-state index in [1.54, 1.807) is 6.07 Å². The first-order chi connectivity index (χ1) is 10.1. The Labute approximate surface area is 132 Å². The van der Waals surface area contributed by atoms with Crippen LogP contribution in [0.1, 0.15) is 68.6 Å². The molecule has 0 aliphatic carbocycles. The van der Waals surface area contributed by atoms with Crippen molar-refractivity contribution in [2.24, 2.45) is 0 Å². The van der Waals surface area contributed by atoms with E-state index in [4.69, 9.17) is 21.4 Å². The lowest BCUT2D eigenvalue weighted by atomic mass is 10.1. The minimum atomic E-state index is -0.969. The lowest BCUT2D eigenvalue weighted by Gasteiger charge is -2.08. The lowest BCUT2D eigenvalue weighted by Crippen LogP contribution is -2.01. The molecule has 1 aromatic rings. The highest BCUT2D eigenvalue weighted by atomic mass is 35.5. The van der Waals surface area contributed by atoms with Crippen molar-refractivity contribution in [3.63, 3.8) is 0 Å². The summed E-state index contributed by atoms with van der Waals surface area (Å²) >= 11 is 5.99. The molecule has 0 aliphatic heterocycles. The maximum absolute atomic E-state index is 10.9. The molecular formula is C17H25ClO3. The molecule has 1 aromatic carbocycles. The standard InChI is InChI=1S/C17H25ClO3/c1-2-3-4-5-6-7-8-9-12-21-16-13-14(17(19)20)10-11-15(16)18/h10-11,13H,2-9,12H2,1H3,(H,19,20). The number of halogens is 1. The zero-order valence-electron chi connectivity index (χ0n) is 12.7. The van der Waals surface area contributed by atoms with Gasteiger partial charge in [-0.05, 0) is 24.6 Å². The van der Waals surface area contributed by atoms with Crippen LogP contribution in [-0.2, 0) is 0 Å². The predicted octanol–water partition coefficient (Wildman–Crippen LogP) is 5.56. The highest BCUT2D eigenvalue weighted by molar-refractivity contribution is 6.32. The van der Waals surface area contributed by atoms with Gasteiger partial charge in [0.2, 0.25) is 0 Å². The number of ether oxygens (including phenoxy) is 1. The molecule has 0 bridgehead atoms. The Kier molecular flexibility index (Phi) is 8.91. The zero-order valence-corrected chi connectivity index (χ0v) is 13.5. The predicted molar refractivity (Wildman–Crippen MR) is 86.5 cm³/mol. The number of carboxylic acid groups (broad SMARTS) is 1. The van der Waals surface area contributed by atoms with Crippen LogP contribution in [0.25, 0.3) is 0 Å². The van der Waals surface area contributed by atoms with E-state index in [1.807, 2.05) is 0 Å². The molecule has 0 unspecified atom stereocenters. The fourth-order valence-corrected chi connectivity index (χ4v) is 2.34. The average Bonchev–Trinajstić information content (AvgIpc) is 2.47. The van der Waals surface area contributed by atoms with Gasteiger partial charge in [0.05, 0.1) is 17.2 Å². The molecule has 0 amide bonds. The summed E-state index contributed by atoms with van der Waals surface area (Å²) in [5, 5.41) is 9.39. The number of hydrogen-bond donors (Lipinski definition) is 1. The van der Waals surface area contributed by atoms with Gasteiger partial charge in [0.25, 0.3) is 0 Å². The first-order valence-corrected chi connectivity index (χ1v) is 8.18. The van der Waals surface area contributed by atoms with Gasteiger partial charge < -0.3 is 9.84 Å². The van der Waals surface area contributed by atoms with E-state index < -0.39 is 5.97 Å². The molecule has 21 heavy (non-hydrogen) atoms. The van der Waals surface area contributed by atoms with Crippen molar-refractivity contribution in [3.05, 3.63) is 28.8 Å². The summed E-state index contributed by atoms with van der Waals surface area (Å²) in [6.07, 6.45) is 9.91. The number of carbonyl (C=O) groups is 1. The Morgan fingerprint density at radius 1 is 1.10 bits per heavy atom. The van der Waals surface area contributed by atoms with Gasteiger partial charge in [-0.3, -0.25) is 0 Å². The molecule has 1 N–H and O–H groups in total. The Balaban J connectivity index is 2.18. The summed E-state index contributed by atoms with van der Waals surface area (Å²) in [6, 6.07) is 4.53. The van der Waals surface area contributed by atoms with Gasteiger partial charge in [-0.25, -0.2) is 4.79 Å². The minimum absolute atomic E-state index is 0.199. The number of unbranched alkanes of at least 4 members (excludes halogenated alkanes) is 7. The molecule has 0 radical (unpaired) electrons.